The van der Waals surface area contributed by atoms with Gasteiger partial charge in [0, 0.05) is 24.4 Å². The smallest absolute Gasteiger partial charge is 0.154 e. The molecule has 0 radical (unpaired) electrons. The number of aromatic nitrogens is 1. The van der Waals surface area contributed by atoms with Crippen molar-refractivity contribution in [2.24, 2.45) is 0 Å². The van der Waals surface area contributed by atoms with Gasteiger partial charge in [0.25, 0.3) is 0 Å². The van der Waals surface area contributed by atoms with Crippen molar-refractivity contribution in [3.63, 3.8) is 0 Å². The van der Waals surface area contributed by atoms with Gasteiger partial charge in [-0.25, -0.2) is 4.39 Å². The molecule has 6 heteroatoms. The van der Waals surface area contributed by atoms with Crippen LogP contribution in [0.25, 0.3) is 10.9 Å². The number of phenolic OH excluding ortho intramolecular Hbond substituents is 1. The number of benzene rings is 2. The SMILES string of the molecule is CCN(SC)c1c(C)c(C=O)c(O)c2ncc(Cc3ccc(F)cc3)cc12. The number of carbonyl (C=O) groups excluding carboxylic acids is 1. The first-order valence-electron chi connectivity index (χ1n) is 8.65. The number of hydrogen-bond acceptors (Lipinski definition) is 5. The number of halogens is 1. The normalized spacial score (nSPS) is 11.0. The van der Waals surface area contributed by atoms with Crippen LogP contribution in [0.2, 0.25) is 0 Å². The Labute approximate surface area is 162 Å². The number of carbonyl (C=O) groups is 1. The molecule has 0 aliphatic heterocycles. The molecule has 0 bridgehead atoms. The van der Waals surface area contributed by atoms with Crippen molar-refractivity contribution < 1.29 is 14.3 Å². The van der Waals surface area contributed by atoms with E-state index in [9.17, 15) is 14.3 Å². The van der Waals surface area contributed by atoms with Gasteiger partial charge in [-0.1, -0.05) is 24.1 Å². The molecule has 0 atom stereocenters. The predicted octanol–water partition coefficient (Wildman–Crippen LogP) is 4.90. The van der Waals surface area contributed by atoms with Gasteiger partial charge in [-0.15, -0.1) is 0 Å². The molecule has 0 amide bonds. The fraction of sp³-hybridized carbons (Fsp3) is 0.238. The van der Waals surface area contributed by atoms with Gasteiger partial charge in [-0.3, -0.25) is 9.78 Å². The van der Waals surface area contributed by atoms with Crippen LogP contribution in [-0.4, -0.2) is 29.2 Å². The zero-order chi connectivity index (χ0) is 19.6. The summed E-state index contributed by atoms with van der Waals surface area (Å²) in [7, 11) is 0. The highest BCUT2D eigenvalue weighted by Gasteiger charge is 2.21. The Balaban J connectivity index is 2.20. The van der Waals surface area contributed by atoms with Crippen LogP contribution in [0, 0.1) is 12.7 Å². The van der Waals surface area contributed by atoms with E-state index in [1.165, 1.54) is 12.1 Å². The van der Waals surface area contributed by atoms with Crippen molar-refractivity contribution in [3.05, 3.63) is 64.6 Å². The quantitative estimate of drug-likeness (QED) is 0.484. The van der Waals surface area contributed by atoms with Gasteiger partial charge in [0.1, 0.15) is 11.3 Å². The van der Waals surface area contributed by atoms with Crippen LogP contribution >= 0.6 is 11.9 Å². The molecule has 0 unspecified atom stereocenters. The summed E-state index contributed by atoms with van der Waals surface area (Å²) >= 11 is 1.55. The molecule has 2 aromatic carbocycles. The molecule has 27 heavy (non-hydrogen) atoms. The predicted molar refractivity (Wildman–Crippen MR) is 109 cm³/mol. The first-order valence-corrected chi connectivity index (χ1v) is 9.83. The minimum absolute atomic E-state index is 0.0910. The highest BCUT2D eigenvalue weighted by molar-refractivity contribution is 8.00. The van der Waals surface area contributed by atoms with E-state index in [2.05, 4.69) is 9.29 Å². The molecule has 1 N–H and O–H groups in total. The van der Waals surface area contributed by atoms with Gasteiger partial charge < -0.3 is 9.41 Å². The molecule has 0 aliphatic rings. The Morgan fingerprint density at radius 2 is 1.96 bits per heavy atom. The van der Waals surface area contributed by atoms with Gasteiger partial charge in [0.2, 0.25) is 0 Å². The minimum atomic E-state index is -0.266. The van der Waals surface area contributed by atoms with E-state index in [0.29, 0.717) is 18.2 Å². The van der Waals surface area contributed by atoms with Gasteiger partial charge in [-0.2, -0.15) is 0 Å². The van der Waals surface area contributed by atoms with Crippen LogP contribution in [0.4, 0.5) is 10.1 Å². The molecule has 1 heterocycles. The van der Waals surface area contributed by atoms with Gasteiger partial charge in [0.05, 0.1) is 11.3 Å². The molecular weight excluding hydrogens is 363 g/mol. The Morgan fingerprint density at radius 1 is 1.26 bits per heavy atom. The summed E-state index contributed by atoms with van der Waals surface area (Å²) in [6, 6.07) is 8.36. The maximum absolute atomic E-state index is 13.1. The Hall–Kier alpha value is -2.60. The first-order chi connectivity index (χ1) is 13.0. The van der Waals surface area contributed by atoms with E-state index in [-0.39, 0.29) is 17.1 Å². The summed E-state index contributed by atoms with van der Waals surface area (Å²) in [6.07, 6.45) is 4.94. The third-order valence-electron chi connectivity index (χ3n) is 4.63. The topological polar surface area (TPSA) is 53.4 Å². The van der Waals surface area contributed by atoms with E-state index in [0.717, 1.165) is 34.3 Å². The van der Waals surface area contributed by atoms with Crippen LogP contribution in [0.15, 0.2) is 36.5 Å². The molecule has 1 aromatic heterocycles. The second-order valence-electron chi connectivity index (χ2n) is 6.27. The number of hydrogen-bond donors (Lipinski definition) is 1. The number of fused-ring (bicyclic) bond motifs is 1. The summed E-state index contributed by atoms with van der Waals surface area (Å²) in [6.45, 7) is 4.61. The van der Waals surface area contributed by atoms with Crippen molar-refractivity contribution in [2.75, 3.05) is 17.1 Å². The van der Waals surface area contributed by atoms with Crippen molar-refractivity contribution in [2.45, 2.75) is 20.3 Å². The fourth-order valence-corrected chi connectivity index (χ4v) is 3.97. The van der Waals surface area contributed by atoms with Gasteiger partial charge >= 0.3 is 0 Å². The third-order valence-corrected chi connectivity index (χ3v) is 5.52. The third kappa shape index (κ3) is 3.62. The lowest BCUT2D eigenvalue weighted by molar-refractivity contribution is 0.112. The summed E-state index contributed by atoms with van der Waals surface area (Å²) < 4.78 is 15.2. The number of phenols is 1. The van der Waals surface area contributed by atoms with E-state index < -0.39 is 0 Å². The lowest BCUT2D eigenvalue weighted by Gasteiger charge is -2.25. The van der Waals surface area contributed by atoms with E-state index >= 15 is 0 Å². The fourth-order valence-electron chi connectivity index (χ4n) is 3.29. The van der Waals surface area contributed by atoms with Crippen molar-refractivity contribution in [1.29, 1.82) is 0 Å². The molecule has 0 saturated carbocycles. The largest absolute Gasteiger partial charge is 0.505 e. The highest BCUT2D eigenvalue weighted by Crippen LogP contribution is 2.40. The van der Waals surface area contributed by atoms with Gasteiger partial charge in [0.15, 0.2) is 12.0 Å². The molecule has 3 rings (SSSR count). The van der Waals surface area contributed by atoms with E-state index in [1.54, 1.807) is 30.3 Å². The molecule has 3 aromatic rings. The summed E-state index contributed by atoms with van der Waals surface area (Å²) in [5, 5.41) is 11.3. The van der Waals surface area contributed by atoms with Crippen molar-refractivity contribution in [3.8, 4) is 5.75 Å². The average molecular weight is 384 g/mol. The molecule has 140 valence electrons. The van der Waals surface area contributed by atoms with Crippen LogP contribution in [0.1, 0.15) is 34.0 Å². The van der Waals surface area contributed by atoms with E-state index in [4.69, 9.17) is 0 Å². The second-order valence-corrected chi connectivity index (χ2v) is 7.08. The maximum Gasteiger partial charge on any atom is 0.154 e. The van der Waals surface area contributed by atoms with Crippen LogP contribution in [-0.2, 0) is 6.42 Å². The number of rotatable bonds is 6. The number of anilines is 1. The van der Waals surface area contributed by atoms with E-state index in [1.807, 2.05) is 26.2 Å². The monoisotopic (exact) mass is 384 g/mol. The summed E-state index contributed by atoms with van der Waals surface area (Å²) in [4.78, 5) is 16.0. The standard InChI is InChI=1S/C21H21FN2O2S/c1-4-24(27-3)20-13(2)18(12-25)21(26)19-17(20)10-15(11-23-19)9-14-5-7-16(22)8-6-14/h5-8,10-12,26H,4,9H2,1-3H3. The minimum Gasteiger partial charge on any atom is -0.505 e. The average Bonchev–Trinajstić information content (AvgIpc) is 2.67. The highest BCUT2D eigenvalue weighted by atomic mass is 32.2. The molecule has 4 nitrogen and oxygen atoms in total. The number of pyridine rings is 1. The summed E-state index contributed by atoms with van der Waals surface area (Å²) in [5.74, 6) is -0.357. The number of aldehydes is 1. The van der Waals surface area contributed by atoms with Crippen LogP contribution in [0.3, 0.4) is 0 Å². The molecule has 0 fully saturated rings. The molecule has 0 spiro atoms. The summed E-state index contributed by atoms with van der Waals surface area (Å²) in [5.41, 5.74) is 4.21. The lowest BCUT2D eigenvalue weighted by atomic mass is 9.98. The van der Waals surface area contributed by atoms with Crippen LogP contribution in [0.5, 0.6) is 5.75 Å². The Kier molecular flexibility index (Phi) is 5.65. The molecule has 0 aliphatic carbocycles. The molecule has 0 saturated heterocycles. The second kappa shape index (κ2) is 7.96. The lowest BCUT2D eigenvalue weighted by Crippen LogP contribution is -2.15. The zero-order valence-corrected chi connectivity index (χ0v) is 16.3. The maximum atomic E-state index is 13.1. The number of aromatic hydroxyl groups is 1. The Morgan fingerprint density at radius 3 is 2.56 bits per heavy atom. The van der Waals surface area contributed by atoms with Gasteiger partial charge in [-0.05, 0) is 55.2 Å². The Bertz CT molecular complexity index is 986. The van der Waals surface area contributed by atoms with Crippen molar-refractivity contribution >= 4 is 34.8 Å². The van der Waals surface area contributed by atoms with Crippen LogP contribution < -0.4 is 4.31 Å². The zero-order valence-electron chi connectivity index (χ0n) is 15.5. The molecular formula is C21H21FN2O2S. The number of nitrogens with zero attached hydrogens (tertiary/aromatic N) is 2. The first kappa shape index (κ1) is 19.2. The van der Waals surface area contributed by atoms with Crippen molar-refractivity contribution in [1.82, 2.24) is 4.98 Å².